The highest BCUT2D eigenvalue weighted by atomic mass is 16.5. The molecule has 0 aromatic heterocycles. The average molecular weight is 600 g/mol. The predicted octanol–water partition coefficient (Wildman–Crippen LogP) is 7.06. The van der Waals surface area contributed by atoms with E-state index in [-0.39, 0.29) is 24.6 Å². The molecule has 1 aliphatic rings. The molecule has 0 saturated carbocycles. The zero-order chi connectivity index (χ0) is 31.9. The summed E-state index contributed by atoms with van der Waals surface area (Å²) in [7, 11) is 3.90. The van der Waals surface area contributed by atoms with Crippen molar-refractivity contribution in [1.82, 2.24) is 15.1 Å². The van der Waals surface area contributed by atoms with Gasteiger partial charge in [-0.2, -0.15) is 0 Å². The number of aryl methyl sites for hydroxylation is 1. The second kappa shape index (κ2) is 14.5. The van der Waals surface area contributed by atoms with Crippen molar-refractivity contribution in [3.05, 3.63) is 101 Å². The number of likely N-dealkylation sites (N-methyl/N-ethyl adjacent to an activating group) is 1. The first-order valence-electron chi connectivity index (χ1n) is 15.5. The van der Waals surface area contributed by atoms with Crippen molar-refractivity contribution in [1.29, 1.82) is 0 Å². The number of urea groups is 1. The lowest BCUT2D eigenvalue weighted by atomic mass is 9.72. The minimum atomic E-state index is -0.808. The van der Waals surface area contributed by atoms with Gasteiger partial charge in [-0.25, -0.2) is 14.5 Å². The fourth-order valence-electron chi connectivity index (χ4n) is 5.78. The third-order valence-electron chi connectivity index (χ3n) is 8.71. The van der Waals surface area contributed by atoms with Gasteiger partial charge >= 0.3 is 12.0 Å². The van der Waals surface area contributed by atoms with E-state index in [2.05, 4.69) is 12.2 Å². The molecule has 0 radical (unpaired) electrons. The number of ether oxygens (including phenoxy) is 2. The van der Waals surface area contributed by atoms with Crippen LogP contribution in [0.3, 0.4) is 0 Å². The van der Waals surface area contributed by atoms with Crippen LogP contribution in [0.1, 0.15) is 85.6 Å². The molecular formula is C36H45N3O5. The number of carbonyl (C=O) groups excluding carboxylic acids is 3. The van der Waals surface area contributed by atoms with Gasteiger partial charge in [0.2, 0.25) is 5.91 Å². The summed E-state index contributed by atoms with van der Waals surface area (Å²) in [6, 6.07) is 23.9. The number of β-lactam (4-membered cyclic amide) rings is 1. The van der Waals surface area contributed by atoms with Gasteiger partial charge < -0.3 is 14.8 Å². The number of imide groups is 1. The van der Waals surface area contributed by atoms with Crippen LogP contribution in [0.5, 0.6) is 5.75 Å². The maximum Gasteiger partial charge on any atom is 0.338 e. The van der Waals surface area contributed by atoms with Crippen LogP contribution in [0.15, 0.2) is 78.9 Å². The van der Waals surface area contributed by atoms with Crippen LogP contribution in [0, 0.1) is 12.3 Å². The summed E-state index contributed by atoms with van der Waals surface area (Å²) >= 11 is 0. The third kappa shape index (κ3) is 6.97. The topological polar surface area (TPSA) is 88.2 Å². The number of rotatable bonds is 13. The number of nitrogens with one attached hydrogen (secondary N) is 1. The standard InChI is InChI=1S/C36H45N3O5/c1-7-13-30(26-18-16-25(4)17-19-26)37-35(42)39-33(41)36(8-2,9-3)34(39)44-29-22-20-28(21-23-29)32(40)43-24-31(38(5)6)27-14-11-10-12-15-27/h10-12,14-23,30-31,34H,7-9,13,24H2,1-6H3,(H,37,42)/t30-,31-,34-/m0/s1. The first kappa shape index (κ1) is 32.7. The molecule has 1 heterocycles. The number of hydrogen-bond donors (Lipinski definition) is 1. The lowest BCUT2D eigenvalue weighted by Gasteiger charge is -2.53. The van der Waals surface area contributed by atoms with Crippen LogP contribution in [-0.4, -0.2) is 54.6 Å². The first-order valence-corrected chi connectivity index (χ1v) is 15.5. The van der Waals surface area contributed by atoms with Gasteiger partial charge in [0.15, 0.2) is 6.23 Å². The molecule has 1 fully saturated rings. The quantitative estimate of drug-likeness (QED) is 0.167. The normalized spacial score (nSPS) is 17.0. The number of esters is 1. The number of nitrogens with zero attached hydrogens (tertiary/aromatic N) is 2. The minimum Gasteiger partial charge on any atom is -0.469 e. The zero-order valence-electron chi connectivity index (χ0n) is 26.7. The lowest BCUT2D eigenvalue weighted by molar-refractivity contribution is -0.191. The van der Waals surface area contributed by atoms with Crippen LogP contribution < -0.4 is 10.1 Å². The maximum absolute atomic E-state index is 13.6. The van der Waals surface area contributed by atoms with Crippen molar-refractivity contribution in [2.75, 3.05) is 20.7 Å². The fourth-order valence-corrected chi connectivity index (χ4v) is 5.78. The molecule has 8 heteroatoms. The fraction of sp³-hybridized carbons (Fsp3) is 0.417. The Balaban J connectivity index is 1.45. The van der Waals surface area contributed by atoms with E-state index in [0.29, 0.717) is 24.2 Å². The van der Waals surface area contributed by atoms with Crippen LogP contribution in [0.25, 0.3) is 0 Å². The van der Waals surface area contributed by atoms with Crippen LogP contribution >= 0.6 is 0 Å². The summed E-state index contributed by atoms with van der Waals surface area (Å²) in [5.41, 5.74) is 2.78. The molecule has 0 aliphatic carbocycles. The largest absolute Gasteiger partial charge is 0.469 e. The molecule has 3 amide bonds. The van der Waals surface area contributed by atoms with Gasteiger partial charge in [0.1, 0.15) is 17.8 Å². The highest BCUT2D eigenvalue weighted by molar-refractivity contribution is 6.03. The summed E-state index contributed by atoms with van der Waals surface area (Å²) in [4.78, 5) is 43.1. The van der Waals surface area contributed by atoms with Gasteiger partial charge in [-0.15, -0.1) is 0 Å². The van der Waals surface area contributed by atoms with Crippen LogP contribution in [0.4, 0.5) is 4.79 Å². The Bertz CT molecular complexity index is 1400. The third-order valence-corrected chi connectivity index (χ3v) is 8.71. The molecule has 1 aliphatic heterocycles. The zero-order valence-corrected chi connectivity index (χ0v) is 26.7. The van der Waals surface area contributed by atoms with E-state index in [1.54, 1.807) is 24.3 Å². The number of benzene rings is 3. The van der Waals surface area contributed by atoms with E-state index >= 15 is 0 Å². The Morgan fingerprint density at radius 1 is 0.909 bits per heavy atom. The Morgan fingerprint density at radius 2 is 1.55 bits per heavy atom. The van der Waals surface area contributed by atoms with E-state index in [4.69, 9.17) is 9.47 Å². The van der Waals surface area contributed by atoms with Crippen molar-refractivity contribution in [3.63, 3.8) is 0 Å². The second-order valence-electron chi connectivity index (χ2n) is 11.7. The van der Waals surface area contributed by atoms with Gasteiger partial charge in [0.25, 0.3) is 0 Å². The summed E-state index contributed by atoms with van der Waals surface area (Å²) < 4.78 is 12.0. The monoisotopic (exact) mass is 599 g/mol. The predicted molar refractivity (Wildman–Crippen MR) is 171 cm³/mol. The molecule has 0 spiro atoms. The molecule has 234 valence electrons. The Labute approximate surface area is 261 Å². The molecule has 8 nitrogen and oxygen atoms in total. The Hall–Kier alpha value is -4.17. The molecule has 3 atom stereocenters. The Kier molecular flexibility index (Phi) is 10.8. The van der Waals surface area contributed by atoms with Crippen LogP contribution in [0.2, 0.25) is 0 Å². The minimum absolute atomic E-state index is 0.0739. The van der Waals surface area contributed by atoms with Crippen molar-refractivity contribution < 1.29 is 23.9 Å². The smallest absolute Gasteiger partial charge is 0.338 e. The van der Waals surface area contributed by atoms with Crippen LogP contribution in [-0.2, 0) is 9.53 Å². The molecule has 44 heavy (non-hydrogen) atoms. The number of amides is 3. The highest BCUT2D eigenvalue weighted by Gasteiger charge is 2.63. The van der Waals surface area contributed by atoms with Gasteiger partial charge in [-0.05, 0) is 75.7 Å². The molecular weight excluding hydrogens is 554 g/mol. The summed E-state index contributed by atoms with van der Waals surface area (Å²) in [5.74, 6) is -0.214. The lowest BCUT2D eigenvalue weighted by Crippen LogP contribution is -2.73. The molecule has 0 unspecified atom stereocenters. The molecule has 3 aromatic rings. The molecule has 3 aromatic carbocycles. The Morgan fingerprint density at radius 3 is 2.11 bits per heavy atom. The van der Waals surface area contributed by atoms with Gasteiger partial charge in [0, 0.05) is 0 Å². The molecule has 1 saturated heterocycles. The summed E-state index contributed by atoms with van der Waals surface area (Å²) in [6.07, 6.45) is 1.91. The summed E-state index contributed by atoms with van der Waals surface area (Å²) in [5, 5.41) is 3.08. The average Bonchev–Trinajstić information content (AvgIpc) is 3.02. The van der Waals surface area contributed by atoms with Gasteiger partial charge in [0.05, 0.1) is 17.6 Å². The van der Waals surface area contributed by atoms with E-state index in [9.17, 15) is 14.4 Å². The van der Waals surface area contributed by atoms with Crippen molar-refractivity contribution >= 4 is 17.9 Å². The van der Waals surface area contributed by atoms with Crippen molar-refractivity contribution in [3.8, 4) is 5.75 Å². The number of hydrogen-bond acceptors (Lipinski definition) is 6. The van der Waals surface area contributed by atoms with Crippen molar-refractivity contribution in [2.24, 2.45) is 5.41 Å². The molecule has 1 N–H and O–H groups in total. The first-order chi connectivity index (χ1) is 21.1. The maximum atomic E-state index is 13.6. The number of likely N-dealkylation sites (tertiary alicyclic amines) is 1. The van der Waals surface area contributed by atoms with Gasteiger partial charge in [-0.3, -0.25) is 9.69 Å². The summed E-state index contributed by atoms with van der Waals surface area (Å²) in [6.45, 7) is 8.18. The molecule has 0 bridgehead atoms. The van der Waals surface area contributed by atoms with E-state index in [1.165, 1.54) is 4.90 Å². The van der Waals surface area contributed by atoms with E-state index < -0.39 is 23.6 Å². The van der Waals surface area contributed by atoms with Crippen molar-refractivity contribution in [2.45, 2.75) is 71.7 Å². The van der Waals surface area contributed by atoms with E-state index in [0.717, 1.165) is 29.5 Å². The van der Waals surface area contributed by atoms with Gasteiger partial charge in [-0.1, -0.05) is 87.4 Å². The molecule has 4 rings (SSSR count). The SMILES string of the molecule is CCC[C@H](NC(=O)N1C(=O)C(CC)(CC)[C@@H]1Oc1ccc(C(=O)OC[C@@H](c2ccccc2)N(C)C)cc1)c1ccc(C)cc1. The van der Waals surface area contributed by atoms with E-state index in [1.807, 2.05) is 94.4 Å². The highest BCUT2D eigenvalue weighted by Crippen LogP contribution is 2.46. The second-order valence-corrected chi connectivity index (χ2v) is 11.7. The number of carbonyl (C=O) groups is 3.